The second-order valence-electron chi connectivity index (χ2n) is 4.48. The van der Waals surface area contributed by atoms with Crippen molar-refractivity contribution in [3.63, 3.8) is 0 Å². The number of Topliss-reactive ketones (excluding diaryl/α,β-unsaturated/α-hetero) is 1. The number of thioether (sulfide) groups is 1. The molecule has 0 aliphatic carbocycles. The number of aryl methyl sites for hydroxylation is 1. The van der Waals surface area contributed by atoms with Crippen molar-refractivity contribution in [1.82, 2.24) is 0 Å². The Balaban J connectivity index is 2.10. The van der Waals surface area contributed by atoms with Crippen molar-refractivity contribution in [1.29, 1.82) is 0 Å². The first-order valence-corrected chi connectivity index (χ1v) is 7.41. The zero-order chi connectivity index (χ0) is 13.8. The van der Waals surface area contributed by atoms with Crippen LogP contribution < -0.4 is 0 Å². The lowest BCUT2D eigenvalue weighted by atomic mass is 10.1. The van der Waals surface area contributed by atoms with Crippen LogP contribution in [0.4, 0.5) is 0 Å². The van der Waals surface area contributed by atoms with E-state index in [1.54, 1.807) is 24.8 Å². The van der Waals surface area contributed by atoms with E-state index in [2.05, 4.69) is 31.2 Å². The van der Waals surface area contributed by atoms with Crippen molar-refractivity contribution in [2.24, 2.45) is 0 Å². The molecule has 98 valence electrons. The molecule has 0 aromatic heterocycles. The molecule has 0 amide bonds. The third-order valence-corrected chi connectivity index (χ3v) is 4.38. The van der Waals surface area contributed by atoms with E-state index in [-0.39, 0.29) is 5.78 Å². The van der Waals surface area contributed by atoms with Gasteiger partial charge in [-0.05, 0) is 31.5 Å². The molecule has 0 saturated heterocycles. The molecule has 0 unspecified atom stereocenters. The van der Waals surface area contributed by atoms with Crippen LogP contribution in [0.1, 0.15) is 28.4 Å². The van der Waals surface area contributed by atoms with Crippen LogP contribution in [0.25, 0.3) is 0 Å². The average molecular weight is 291 g/mol. The molecule has 0 N–H and O–H groups in total. The smallest absolute Gasteiger partial charge is 0.159 e. The van der Waals surface area contributed by atoms with Crippen molar-refractivity contribution >= 4 is 29.1 Å². The predicted molar refractivity (Wildman–Crippen MR) is 82.2 cm³/mol. The Morgan fingerprint density at radius 2 is 2.00 bits per heavy atom. The van der Waals surface area contributed by atoms with Gasteiger partial charge in [0.1, 0.15) is 0 Å². The van der Waals surface area contributed by atoms with Gasteiger partial charge < -0.3 is 0 Å². The van der Waals surface area contributed by atoms with Gasteiger partial charge >= 0.3 is 0 Å². The fourth-order valence-electron chi connectivity index (χ4n) is 1.80. The molecular weight excluding hydrogens is 276 g/mol. The monoisotopic (exact) mass is 290 g/mol. The van der Waals surface area contributed by atoms with Crippen LogP contribution in [0.15, 0.2) is 47.4 Å². The molecule has 19 heavy (non-hydrogen) atoms. The summed E-state index contributed by atoms with van der Waals surface area (Å²) in [5.74, 6) is 0.915. The maximum absolute atomic E-state index is 11.3. The molecule has 0 radical (unpaired) electrons. The topological polar surface area (TPSA) is 17.1 Å². The number of rotatable bonds is 4. The first-order valence-electron chi connectivity index (χ1n) is 6.05. The third kappa shape index (κ3) is 3.85. The molecule has 0 spiro atoms. The molecular formula is C16H15ClOS. The van der Waals surface area contributed by atoms with Crippen LogP contribution in [-0.2, 0) is 5.75 Å². The molecule has 0 aliphatic heterocycles. The minimum Gasteiger partial charge on any atom is -0.295 e. The number of hydrogen-bond acceptors (Lipinski definition) is 2. The Labute approximate surface area is 123 Å². The van der Waals surface area contributed by atoms with Crippen molar-refractivity contribution in [3.05, 3.63) is 64.2 Å². The summed E-state index contributed by atoms with van der Waals surface area (Å²) in [5.41, 5.74) is 3.19. The lowest BCUT2D eigenvalue weighted by molar-refractivity contribution is 0.101. The van der Waals surface area contributed by atoms with Crippen molar-refractivity contribution in [2.45, 2.75) is 24.5 Å². The van der Waals surface area contributed by atoms with Crippen LogP contribution in [0.5, 0.6) is 0 Å². The summed E-state index contributed by atoms with van der Waals surface area (Å²) in [4.78, 5) is 12.3. The Hall–Kier alpha value is -1.25. The molecule has 1 nitrogen and oxygen atoms in total. The normalized spacial score (nSPS) is 10.5. The summed E-state index contributed by atoms with van der Waals surface area (Å²) in [7, 11) is 0. The van der Waals surface area contributed by atoms with E-state index in [9.17, 15) is 4.79 Å². The number of benzene rings is 2. The highest BCUT2D eigenvalue weighted by molar-refractivity contribution is 7.98. The SMILES string of the molecule is CC(=O)c1ccc(SCc2cccc(C)c2)c(Cl)c1. The minimum atomic E-state index is 0.0390. The molecule has 0 heterocycles. The summed E-state index contributed by atoms with van der Waals surface area (Å²) in [6.45, 7) is 3.63. The number of carbonyl (C=O) groups excluding carboxylic acids is 1. The second-order valence-corrected chi connectivity index (χ2v) is 5.90. The van der Waals surface area contributed by atoms with Gasteiger partial charge in [0, 0.05) is 16.2 Å². The Kier molecular flexibility index (Phi) is 4.67. The lowest BCUT2D eigenvalue weighted by Gasteiger charge is -2.06. The largest absolute Gasteiger partial charge is 0.295 e. The fourth-order valence-corrected chi connectivity index (χ4v) is 3.01. The van der Waals surface area contributed by atoms with E-state index in [1.165, 1.54) is 11.1 Å². The van der Waals surface area contributed by atoms with E-state index in [0.717, 1.165) is 10.6 Å². The molecule has 2 aromatic rings. The van der Waals surface area contributed by atoms with Crippen LogP contribution in [0.2, 0.25) is 5.02 Å². The first-order chi connectivity index (χ1) is 9.06. The van der Waals surface area contributed by atoms with Crippen molar-refractivity contribution < 1.29 is 4.79 Å². The molecule has 0 fully saturated rings. The Bertz CT molecular complexity index is 607. The fraction of sp³-hybridized carbons (Fsp3) is 0.188. The number of carbonyl (C=O) groups is 1. The van der Waals surface area contributed by atoms with Crippen LogP contribution >= 0.6 is 23.4 Å². The van der Waals surface area contributed by atoms with Crippen LogP contribution in [0, 0.1) is 6.92 Å². The van der Waals surface area contributed by atoms with Gasteiger partial charge in [-0.3, -0.25) is 4.79 Å². The molecule has 0 bridgehead atoms. The summed E-state index contributed by atoms with van der Waals surface area (Å²) >= 11 is 7.88. The molecule has 3 heteroatoms. The highest BCUT2D eigenvalue weighted by atomic mass is 35.5. The van der Waals surface area contributed by atoms with E-state index < -0.39 is 0 Å². The maximum Gasteiger partial charge on any atom is 0.159 e. The van der Waals surface area contributed by atoms with Gasteiger partial charge in [0.2, 0.25) is 0 Å². The number of ketones is 1. The van der Waals surface area contributed by atoms with Gasteiger partial charge in [-0.15, -0.1) is 11.8 Å². The van der Waals surface area contributed by atoms with E-state index in [1.807, 2.05) is 12.1 Å². The maximum atomic E-state index is 11.3. The highest BCUT2D eigenvalue weighted by Crippen LogP contribution is 2.30. The van der Waals surface area contributed by atoms with Crippen molar-refractivity contribution in [2.75, 3.05) is 0 Å². The average Bonchev–Trinajstić information content (AvgIpc) is 2.37. The molecule has 2 aromatic carbocycles. The third-order valence-electron chi connectivity index (χ3n) is 2.82. The number of hydrogen-bond donors (Lipinski definition) is 0. The van der Waals surface area contributed by atoms with Gasteiger partial charge in [-0.1, -0.05) is 47.5 Å². The van der Waals surface area contributed by atoms with Gasteiger partial charge in [0.15, 0.2) is 5.78 Å². The van der Waals surface area contributed by atoms with E-state index >= 15 is 0 Å². The zero-order valence-electron chi connectivity index (χ0n) is 10.9. The lowest BCUT2D eigenvalue weighted by Crippen LogP contribution is -1.91. The molecule has 0 atom stereocenters. The van der Waals surface area contributed by atoms with E-state index in [0.29, 0.717) is 10.6 Å². The van der Waals surface area contributed by atoms with Gasteiger partial charge in [0.05, 0.1) is 5.02 Å². The Morgan fingerprint density at radius 3 is 2.63 bits per heavy atom. The summed E-state index contributed by atoms with van der Waals surface area (Å²) < 4.78 is 0. The van der Waals surface area contributed by atoms with E-state index in [4.69, 9.17) is 11.6 Å². The van der Waals surface area contributed by atoms with Gasteiger partial charge in [0.25, 0.3) is 0 Å². The molecule has 2 rings (SSSR count). The Morgan fingerprint density at radius 1 is 1.21 bits per heavy atom. The highest BCUT2D eigenvalue weighted by Gasteiger charge is 2.06. The van der Waals surface area contributed by atoms with Gasteiger partial charge in [-0.25, -0.2) is 0 Å². The molecule has 0 saturated carbocycles. The summed E-state index contributed by atoms with van der Waals surface area (Å²) in [6, 6.07) is 13.9. The standard InChI is InChI=1S/C16H15ClOS/c1-11-4-3-5-13(8-11)10-19-16-7-6-14(12(2)18)9-15(16)17/h3-9H,10H2,1-2H3. The minimum absolute atomic E-state index is 0.0390. The first kappa shape index (κ1) is 14.2. The van der Waals surface area contributed by atoms with Crippen LogP contribution in [-0.4, -0.2) is 5.78 Å². The molecule has 0 aliphatic rings. The number of halogens is 1. The second kappa shape index (κ2) is 6.27. The predicted octanol–water partition coefficient (Wildman–Crippen LogP) is 5.14. The van der Waals surface area contributed by atoms with Crippen LogP contribution in [0.3, 0.4) is 0 Å². The van der Waals surface area contributed by atoms with Gasteiger partial charge in [-0.2, -0.15) is 0 Å². The van der Waals surface area contributed by atoms with Crippen molar-refractivity contribution in [3.8, 4) is 0 Å². The summed E-state index contributed by atoms with van der Waals surface area (Å²) in [5, 5.41) is 0.644. The zero-order valence-corrected chi connectivity index (χ0v) is 12.5. The quantitative estimate of drug-likeness (QED) is 0.572. The summed E-state index contributed by atoms with van der Waals surface area (Å²) in [6.07, 6.45) is 0.